The Morgan fingerprint density at radius 1 is 0.829 bits per heavy atom. The third kappa shape index (κ3) is 6.45. The van der Waals surface area contributed by atoms with Gasteiger partial charge < -0.3 is 15.1 Å². The van der Waals surface area contributed by atoms with Crippen LogP contribution in [0.5, 0.6) is 0 Å². The van der Waals surface area contributed by atoms with Crippen LogP contribution < -0.4 is 10.2 Å². The Labute approximate surface area is 204 Å². The summed E-state index contributed by atoms with van der Waals surface area (Å²) in [4.78, 5) is 28.6. The molecule has 3 aromatic rings. The van der Waals surface area contributed by atoms with E-state index in [4.69, 9.17) is 0 Å². The van der Waals surface area contributed by atoms with E-state index in [0.29, 0.717) is 48.7 Å². The van der Waals surface area contributed by atoms with Crippen LogP contribution in [0, 0.1) is 5.82 Å². The van der Waals surface area contributed by atoms with Crippen molar-refractivity contribution in [1.29, 1.82) is 0 Å². The zero-order valence-corrected chi connectivity index (χ0v) is 19.9. The lowest BCUT2D eigenvalue weighted by Gasteiger charge is -2.36. The topological polar surface area (TPSA) is 86.8 Å². The molecule has 1 aliphatic rings. The fourth-order valence-corrected chi connectivity index (χ4v) is 5.28. The minimum atomic E-state index is -3.69. The number of rotatable bonds is 7. The minimum absolute atomic E-state index is 0.158. The zero-order chi connectivity index (χ0) is 24.8. The molecule has 0 bridgehead atoms. The molecular weight excluding hydrogens is 469 g/mol. The molecule has 2 amide bonds. The van der Waals surface area contributed by atoms with Crippen LogP contribution in [0.2, 0.25) is 0 Å². The van der Waals surface area contributed by atoms with Gasteiger partial charge in [0.2, 0.25) is 5.91 Å². The number of sulfone groups is 1. The Bertz CT molecular complexity index is 1290. The first-order chi connectivity index (χ1) is 16.8. The van der Waals surface area contributed by atoms with Gasteiger partial charge in [-0.05, 0) is 42.0 Å². The first-order valence-electron chi connectivity index (χ1n) is 11.2. The normalized spacial score (nSPS) is 14.0. The van der Waals surface area contributed by atoms with Crippen LogP contribution >= 0.6 is 0 Å². The van der Waals surface area contributed by atoms with Crippen molar-refractivity contribution < 1.29 is 22.4 Å². The summed E-state index contributed by atoms with van der Waals surface area (Å²) in [6.45, 7) is 1.96. The predicted molar refractivity (Wildman–Crippen MR) is 134 cm³/mol. The maximum Gasteiger partial charge on any atom is 0.253 e. The second-order valence-electron chi connectivity index (χ2n) is 8.37. The number of benzene rings is 3. The van der Waals surface area contributed by atoms with Crippen molar-refractivity contribution in [2.75, 3.05) is 42.1 Å². The standard InChI is InChI=1S/C26H26FN3O4S/c27-23-8-4-5-9-24(23)29-14-16-30(17-15-29)26(32)21-12-10-20(11-13-21)18-35(33,34)19-25(31)28-22-6-2-1-3-7-22/h1-13H,14-19H2,(H,28,31). The Hall–Kier alpha value is -3.72. The van der Waals surface area contributed by atoms with E-state index in [1.165, 1.54) is 6.07 Å². The van der Waals surface area contributed by atoms with E-state index in [1.54, 1.807) is 77.7 Å². The summed E-state index contributed by atoms with van der Waals surface area (Å²) in [5, 5.41) is 2.57. The van der Waals surface area contributed by atoms with Gasteiger partial charge in [-0.1, -0.05) is 42.5 Å². The molecule has 1 heterocycles. The average molecular weight is 496 g/mol. The van der Waals surface area contributed by atoms with E-state index >= 15 is 0 Å². The van der Waals surface area contributed by atoms with Gasteiger partial charge in [-0.3, -0.25) is 9.59 Å². The third-order valence-electron chi connectivity index (χ3n) is 5.76. The highest BCUT2D eigenvalue weighted by molar-refractivity contribution is 7.91. The predicted octanol–water partition coefficient (Wildman–Crippen LogP) is 3.34. The van der Waals surface area contributed by atoms with Crippen molar-refractivity contribution in [2.24, 2.45) is 0 Å². The first-order valence-corrected chi connectivity index (χ1v) is 13.1. The second-order valence-corrected chi connectivity index (χ2v) is 10.4. The molecule has 1 saturated heterocycles. The fourth-order valence-electron chi connectivity index (χ4n) is 4.01. The van der Waals surface area contributed by atoms with Gasteiger partial charge in [0.1, 0.15) is 11.6 Å². The van der Waals surface area contributed by atoms with Crippen LogP contribution in [0.15, 0.2) is 78.9 Å². The van der Waals surface area contributed by atoms with Gasteiger partial charge >= 0.3 is 0 Å². The molecule has 1 aliphatic heterocycles. The van der Waals surface area contributed by atoms with Gasteiger partial charge in [0.15, 0.2) is 9.84 Å². The van der Waals surface area contributed by atoms with Crippen molar-refractivity contribution in [3.05, 3.63) is 95.8 Å². The van der Waals surface area contributed by atoms with E-state index in [-0.39, 0.29) is 17.5 Å². The summed E-state index contributed by atoms with van der Waals surface area (Å²) in [7, 11) is -3.69. The molecule has 3 aromatic carbocycles. The molecule has 0 atom stereocenters. The Morgan fingerprint density at radius 2 is 1.46 bits per heavy atom. The van der Waals surface area contributed by atoms with Gasteiger partial charge in [-0.15, -0.1) is 0 Å². The third-order valence-corrected chi connectivity index (χ3v) is 7.23. The van der Waals surface area contributed by atoms with Gasteiger partial charge in [-0.25, -0.2) is 12.8 Å². The number of para-hydroxylation sites is 2. The number of piperazine rings is 1. The average Bonchev–Trinajstić information content (AvgIpc) is 2.84. The van der Waals surface area contributed by atoms with Crippen LogP contribution in [0.4, 0.5) is 15.8 Å². The zero-order valence-electron chi connectivity index (χ0n) is 19.1. The van der Waals surface area contributed by atoms with E-state index < -0.39 is 21.5 Å². The summed E-state index contributed by atoms with van der Waals surface area (Å²) in [6, 6.07) is 21.6. The molecule has 7 nitrogen and oxygen atoms in total. The monoisotopic (exact) mass is 495 g/mol. The Kier molecular flexibility index (Phi) is 7.45. The van der Waals surface area contributed by atoms with Gasteiger partial charge in [0, 0.05) is 37.4 Å². The molecule has 0 radical (unpaired) electrons. The minimum Gasteiger partial charge on any atom is -0.366 e. The molecule has 1 fully saturated rings. The lowest BCUT2D eigenvalue weighted by atomic mass is 10.1. The molecule has 35 heavy (non-hydrogen) atoms. The Morgan fingerprint density at radius 3 is 2.11 bits per heavy atom. The van der Waals surface area contributed by atoms with Crippen LogP contribution in [-0.4, -0.2) is 57.1 Å². The van der Waals surface area contributed by atoms with Crippen molar-refractivity contribution in [1.82, 2.24) is 4.90 Å². The molecule has 0 aliphatic carbocycles. The number of halogens is 1. The molecular formula is C26H26FN3O4S. The van der Waals surface area contributed by atoms with Crippen LogP contribution in [-0.2, 0) is 20.4 Å². The van der Waals surface area contributed by atoms with Gasteiger partial charge in [-0.2, -0.15) is 0 Å². The smallest absolute Gasteiger partial charge is 0.253 e. The van der Waals surface area contributed by atoms with Crippen molar-refractivity contribution in [3.8, 4) is 0 Å². The SMILES string of the molecule is O=C(CS(=O)(=O)Cc1ccc(C(=O)N2CCN(c3ccccc3F)CC2)cc1)Nc1ccccc1. The fraction of sp³-hybridized carbons (Fsp3) is 0.231. The number of nitrogens with zero attached hydrogens (tertiary/aromatic N) is 2. The summed E-state index contributed by atoms with van der Waals surface area (Å²) in [5.74, 6) is -1.97. The quantitative estimate of drug-likeness (QED) is 0.543. The Balaban J connectivity index is 1.31. The van der Waals surface area contributed by atoms with Gasteiger partial charge in [0.05, 0.1) is 11.4 Å². The van der Waals surface area contributed by atoms with E-state index in [1.807, 2.05) is 4.90 Å². The molecule has 0 saturated carbocycles. The highest BCUT2D eigenvalue weighted by Gasteiger charge is 2.24. The number of hydrogen-bond donors (Lipinski definition) is 1. The maximum absolute atomic E-state index is 14.0. The van der Waals surface area contributed by atoms with Gasteiger partial charge in [0.25, 0.3) is 5.91 Å². The number of carbonyl (C=O) groups excluding carboxylic acids is 2. The van der Waals surface area contributed by atoms with E-state index in [9.17, 15) is 22.4 Å². The van der Waals surface area contributed by atoms with E-state index in [0.717, 1.165) is 0 Å². The molecule has 0 aromatic heterocycles. The van der Waals surface area contributed by atoms with Crippen LogP contribution in [0.1, 0.15) is 15.9 Å². The largest absolute Gasteiger partial charge is 0.366 e. The summed E-state index contributed by atoms with van der Waals surface area (Å²) >= 11 is 0. The number of amides is 2. The molecule has 4 rings (SSSR count). The molecule has 182 valence electrons. The lowest BCUT2D eigenvalue weighted by Crippen LogP contribution is -2.49. The van der Waals surface area contributed by atoms with Crippen molar-refractivity contribution in [2.45, 2.75) is 5.75 Å². The number of nitrogens with one attached hydrogen (secondary N) is 1. The number of hydrogen-bond acceptors (Lipinski definition) is 5. The molecule has 0 spiro atoms. The van der Waals surface area contributed by atoms with Crippen molar-refractivity contribution in [3.63, 3.8) is 0 Å². The van der Waals surface area contributed by atoms with Crippen molar-refractivity contribution >= 4 is 33.0 Å². The first kappa shape index (κ1) is 24.4. The summed E-state index contributed by atoms with van der Waals surface area (Å²) < 4.78 is 39.0. The second kappa shape index (κ2) is 10.7. The highest BCUT2D eigenvalue weighted by Crippen LogP contribution is 2.21. The molecule has 1 N–H and O–H groups in total. The molecule has 0 unspecified atom stereocenters. The summed E-state index contributed by atoms with van der Waals surface area (Å²) in [6.07, 6.45) is 0. The molecule has 9 heteroatoms. The lowest BCUT2D eigenvalue weighted by molar-refractivity contribution is -0.113. The maximum atomic E-state index is 14.0. The summed E-state index contributed by atoms with van der Waals surface area (Å²) in [5.41, 5.74) is 2.01. The number of carbonyl (C=O) groups is 2. The van der Waals surface area contributed by atoms with E-state index in [2.05, 4.69) is 5.32 Å². The number of anilines is 2. The van der Waals surface area contributed by atoms with Crippen LogP contribution in [0.3, 0.4) is 0 Å². The highest BCUT2D eigenvalue weighted by atomic mass is 32.2. The van der Waals surface area contributed by atoms with Crippen LogP contribution in [0.25, 0.3) is 0 Å².